The van der Waals surface area contributed by atoms with Gasteiger partial charge in [-0.2, -0.15) is 0 Å². The Morgan fingerprint density at radius 2 is 1.60 bits per heavy atom. The van der Waals surface area contributed by atoms with Crippen molar-refractivity contribution in [3.8, 4) is 0 Å². The molecule has 0 aliphatic heterocycles. The fourth-order valence-electron chi connectivity index (χ4n) is 4.70. The van der Waals surface area contributed by atoms with E-state index in [0.717, 1.165) is 76.3 Å². The van der Waals surface area contributed by atoms with Gasteiger partial charge >= 0.3 is 6.03 Å². The normalized spacial score (nSPS) is 22.1. The number of carbonyl (C=O) groups is 1. The van der Waals surface area contributed by atoms with Crippen molar-refractivity contribution in [2.75, 3.05) is 5.32 Å². The van der Waals surface area contributed by atoms with Crippen LogP contribution in [0.2, 0.25) is 0 Å². The Morgan fingerprint density at radius 3 is 2.20 bits per heavy atom. The molecule has 136 valence electrons. The lowest BCUT2D eigenvalue weighted by atomic mass is 9.99. The molecule has 6 heteroatoms. The van der Waals surface area contributed by atoms with Gasteiger partial charge in [-0.25, -0.2) is 14.1 Å². The van der Waals surface area contributed by atoms with Gasteiger partial charge in [-0.05, 0) is 73.6 Å². The minimum absolute atomic E-state index is 0.154. The molecule has 1 saturated carbocycles. The van der Waals surface area contributed by atoms with Crippen LogP contribution in [0.5, 0.6) is 0 Å². The minimum Gasteiger partial charge on any atom is -0.305 e. The fraction of sp³-hybridized carbons (Fsp3) is 0.632. The van der Waals surface area contributed by atoms with Crippen LogP contribution in [0.4, 0.5) is 10.5 Å². The molecule has 1 aromatic rings. The lowest BCUT2D eigenvalue weighted by Crippen LogP contribution is -2.31. The summed E-state index contributed by atoms with van der Waals surface area (Å²) in [6, 6.07) is 1.79. The van der Waals surface area contributed by atoms with Crippen molar-refractivity contribution in [3.63, 3.8) is 0 Å². The topological polar surface area (TPSA) is 84.6 Å². The van der Waals surface area contributed by atoms with E-state index in [-0.39, 0.29) is 5.25 Å². The molecule has 1 aromatic carbocycles. The molecule has 5 nitrogen and oxygen atoms in total. The second kappa shape index (κ2) is 6.72. The first-order valence-corrected chi connectivity index (χ1v) is 11.2. The van der Waals surface area contributed by atoms with E-state index in [0.29, 0.717) is 0 Å². The van der Waals surface area contributed by atoms with Crippen LogP contribution in [0.3, 0.4) is 0 Å². The average Bonchev–Trinajstić information content (AvgIpc) is 3.24. The molecule has 0 radical (unpaired) electrons. The quantitative estimate of drug-likeness (QED) is 0.838. The van der Waals surface area contributed by atoms with E-state index >= 15 is 0 Å². The van der Waals surface area contributed by atoms with Gasteiger partial charge in [-0.15, -0.1) is 4.36 Å². The van der Waals surface area contributed by atoms with Gasteiger partial charge in [0.15, 0.2) is 0 Å². The van der Waals surface area contributed by atoms with Crippen molar-refractivity contribution in [2.24, 2.45) is 9.50 Å². The summed E-state index contributed by atoms with van der Waals surface area (Å²) in [6.45, 7) is 0. The Kier molecular flexibility index (Phi) is 4.58. The summed E-state index contributed by atoms with van der Waals surface area (Å²) in [5, 5.41) is 8.79. The highest BCUT2D eigenvalue weighted by atomic mass is 32.2. The number of nitrogens with two attached hydrogens (primary N) is 1. The zero-order chi connectivity index (χ0) is 17.4. The van der Waals surface area contributed by atoms with Crippen molar-refractivity contribution in [1.82, 2.24) is 0 Å². The molecule has 0 heterocycles. The molecule has 0 bridgehead atoms. The SMILES string of the molecule is NS(=O)(=NC(=O)Nc1c2c(cc3c1CCC3)CCC2)C1CCCCC1. The summed E-state index contributed by atoms with van der Waals surface area (Å²) >= 11 is 0. The number of fused-ring (bicyclic) bond motifs is 2. The standard InChI is InChI=1S/C19H27N3O2S/c20-25(24,15-8-2-1-3-9-15)22-19(23)21-18-16-10-4-6-13(16)12-14-7-5-11-17(14)18/h12,15H,1-11H2,(H3,20,21,22,23,24). The highest BCUT2D eigenvalue weighted by Crippen LogP contribution is 2.38. The lowest BCUT2D eigenvalue weighted by molar-refractivity contribution is 0.260. The summed E-state index contributed by atoms with van der Waals surface area (Å²) in [5.74, 6) is 0. The van der Waals surface area contributed by atoms with Crippen molar-refractivity contribution in [3.05, 3.63) is 28.3 Å². The first-order chi connectivity index (χ1) is 12.0. The summed E-state index contributed by atoms with van der Waals surface area (Å²) in [5.41, 5.74) is 6.17. The van der Waals surface area contributed by atoms with E-state index < -0.39 is 15.9 Å². The van der Waals surface area contributed by atoms with Crippen molar-refractivity contribution in [1.29, 1.82) is 0 Å². The molecular formula is C19H27N3O2S. The fourth-order valence-corrected chi connectivity index (χ4v) is 6.17. The number of hydrogen-bond donors (Lipinski definition) is 2. The largest absolute Gasteiger partial charge is 0.354 e. The van der Waals surface area contributed by atoms with E-state index in [1.54, 1.807) is 0 Å². The summed E-state index contributed by atoms with van der Waals surface area (Å²) in [4.78, 5) is 12.5. The number of anilines is 1. The van der Waals surface area contributed by atoms with Crippen LogP contribution >= 0.6 is 0 Å². The summed E-state index contributed by atoms with van der Waals surface area (Å²) < 4.78 is 16.7. The zero-order valence-electron chi connectivity index (χ0n) is 14.7. The number of rotatable bonds is 2. The first-order valence-electron chi connectivity index (χ1n) is 9.56. The van der Waals surface area contributed by atoms with E-state index in [1.807, 2.05) is 0 Å². The highest BCUT2D eigenvalue weighted by molar-refractivity contribution is 7.92. The van der Waals surface area contributed by atoms with Crippen LogP contribution < -0.4 is 10.5 Å². The minimum atomic E-state index is -2.97. The highest BCUT2D eigenvalue weighted by Gasteiger charge is 2.27. The van der Waals surface area contributed by atoms with Crippen LogP contribution in [0.25, 0.3) is 0 Å². The van der Waals surface area contributed by atoms with Crippen LogP contribution in [-0.4, -0.2) is 15.5 Å². The third kappa shape index (κ3) is 3.34. The van der Waals surface area contributed by atoms with E-state index in [2.05, 4.69) is 15.7 Å². The molecule has 3 aliphatic rings. The van der Waals surface area contributed by atoms with Crippen LogP contribution in [0, 0.1) is 0 Å². The maximum atomic E-state index is 12.8. The van der Waals surface area contributed by atoms with Crippen molar-refractivity contribution in [2.45, 2.75) is 75.9 Å². The van der Waals surface area contributed by atoms with E-state index in [4.69, 9.17) is 5.14 Å². The number of nitrogens with zero attached hydrogens (tertiary/aromatic N) is 1. The second-order valence-electron chi connectivity index (χ2n) is 7.63. The molecule has 0 saturated heterocycles. The molecular weight excluding hydrogens is 334 g/mol. The second-order valence-corrected chi connectivity index (χ2v) is 9.71. The Labute approximate surface area is 150 Å². The van der Waals surface area contributed by atoms with Crippen LogP contribution in [-0.2, 0) is 35.6 Å². The van der Waals surface area contributed by atoms with Gasteiger partial charge in [0.1, 0.15) is 9.92 Å². The molecule has 1 fully saturated rings. The Bertz CT molecular complexity index is 786. The number of hydrogen-bond acceptors (Lipinski definition) is 2. The third-order valence-corrected chi connectivity index (χ3v) is 7.84. The van der Waals surface area contributed by atoms with Gasteiger partial charge in [-0.3, -0.25) is 0 Å². The van der Waals surface area contributed by atoms with Crippen LogP contribution in [0.1, 0.15) is 67.2 Å². The average molecular weight is 362 g/mol. The maximum absolute atomic E-state index is 12.8. The van der Waals surface area contributed by atoms with Gasteiger partial charge in [0, 0.05) is 5.69 Å². The lowest BCUT2D eigenvalue weighted by Gasteiger charge is -2.22. The number of aryl methyl sites for hydroxylation is 2. The predicted molar refractivity (Wildman–Crippen MR) is 101 cm³/mol. The maximum Gasteiger partial charge on any atom is 0.354 e. The van der Waals surface area contributed by atoms with Gasteiger partial charge < -0.3 is 5.32 Å². The number of nitrogens with one attached hydrogen (secondary N) is 1. The molecule has 0 spiro atoms. The Morgan fingerprint density at radius 1 is 1.00 bits per heavy atom. The van der Waals surface area contributed by atoms with Gasteiger partial charge in [0.05, 0.1) is 5.25 Å². The predicted octanol–water partition coefficient (Wildman–Crippen LogP) is 3.87. The van der Waals surface area contributed by atoms with Gasteiger partial charge in [0.2, 0.25) is 0 Å². The monoisotopic (exact) mass is 361 g/mol. The van der Waals surface area contributed by atoms with Crippen molar-refractivity contribution < 1.29 is 9.00 Å². The molecule has 2 amide bonds. The Balaban J connectivity index is 1.61. The number of benzene rings is 1. The number of urea groups is 1. The first kappa shape index (κ1) is 17.0. The molecule has 3 aliphatic carbocycles. The molecule has 4 rings (SSSR count). The zero-order valence-corrected chi connectivity index (χ0v) is 15.5. The molecule has 1 atom stereocenters. The van der Waals surface area contributed by atoms with E-state index in [1.165, 1.54) is 22.3 Å². The number of carbonyl (C=O) groups excluding carboxylic acids is 1. The molecule has 0 aromatic heterocycles. The van der Waals surface area contributed by atoms with Crippen molar-refractivity contribution >= 4 is 21.6 Å². The molecule has 3 N–H and O–H groups in total. The smallest absolute Gasteiger partial charge is 0.305 e. The molecule has 25 heavy (non-hydrogen) atoms. The summed E-state index contributed by atoms with van der Waals surface area (Å²) in [7, 11) is -2.97. The van der Waals surface area contributed by atoms with E-state index in [9.17, 15) is 9.00 Å². The van der Waals surface area contributed by atoms with Gasteiger partial charge in [0.25, 0.3) is 0 Å². The van der Waals surface area contributed by atoms with Gasteiger partial charge in [-0.1, -0.05) is 25.3 Å². The Hall–Kier alpha value is -1.40. The number of amides is 2. The summed E-state index contributed by atoms with van der Waals surface area (Å²) in [6.07, 6.45) is 11.2. The molecule has 1 unspecified atom stereocenters. The van der Waals surface area contributed by atoms with Crippen LogP contribution in [0.15, 0.2) is 10.4 Å². The third-order valence-electron chi connectivity index (χ3n) is 5.96.